The van der Waals surface area contributed by atoms with E-state index in [1.54, 1.807) is 12.4 Å². The van der Waals surface area contributed by atoms with E-state index >= 15 is 0 Å². The topological polar surface area (TPSA) is 49.6 Å². The van der Waals surface area contributed by atoms with Crippen LogP contribution in [0.3, 0.4) is 0 Å². The number of carbonyl (C=O) groups is 1. The van der Waals surface area contributed by atoms with Crippen LogP contribution in [0.5, 0.6) is 0 Å². The zero-order valence-corrected chi connectivity index (χ0v) is 12.9. The molecule has 3 saturated heterocycles. The largest absolute Gasteiger partial charge is 0.458 e. The molecule has 0 N–H and O–H groups in total. The summed E-state index contributed by atoms with van der Waals surface area (Å²) in [5.74, 6) is 2.38. The number of carbonyl (C=O) groups excluding carboxylic acids is 1. The Morgan fingerprint density at radius 3 is 2.61 bits per heavy atom. The van der Waals surface area contributed by atoms with E-state index in [0.29, 0.717) is 18.5 Å². The van der Waals surface area contributed by atoms with Crippen LogP contribution < -0.4 is 0 Å². The smallest absolute Gasteiger partial charge is 0.258 e. The standard InChI is InChI=1S/C18H19N3O2/c22-18-14-9-16(13-1-5-19-6-2-13)23-17(14)11-21(18)15-10-20-7-3-12(15)4-8-20/h1-2,5-6,9,12,15H,3-4,7-8,10-11H2. The highest BCUT2D eigenvalue weighted by Crippen LogP contribution is 2.37. The van der Waals surface area contributed by atoms with Crippen LogP contribution in [0.15, 0.2) is 35.0 Å². The number of amides is 1. The fourth-order valence-electron chi connectivity index (χ4n) is 4.32. The zero-order valence-electron chi connectivity index (χ0n) is 12.9. The summed E-state index contributed by atoms with van der Waals surface area (Å²) in [4.78, 5) is 21.4. The first-order valence-electron chi connectivity index (χ1n) is 8.36. The lowest BCUT2D eigenvalue weighted by Gasteiger charge is -2.48. The summed E-state index contributed by atoms with van der Waals surface area (Å²) < 4.78 is 5.98. The van der Waals surface area contributed by atoms with Crippen LogP contribution >= 0.6 is 0 Å². The molecule has 23 heavy (non-hydrogen) atoms. The van der Waals surface area contributed by atoms with Gasteiger partial charge in [0.25, 0.3) is 5.91 Å². The van der Waals surface area contributed by atoms with Crippen molar-refractivity contribution in [1.29, 1.82) is 0 Å². The van der Waals surface area contributed by atoms with Gasteiger partial charge in [0.1, 0.15) is 11.5 Å². The summed E-state index contributed by atoms with van der Waals surface area (Å²) in [6.45, 7) is 4.03. The fraction of sp³-hybridized carbons (Fsp3) is 0.444. The van der Waals surface area contributed by atoms with Crippen molar-refractivity contribution in [3.05, 3.63) is 41.9 Å². The molecular formula is C18H19N3O2. The van der Waals surface area contributed by atoms with Gasteiger partial charge in [-0.25, -0.2) is 0 Å². The molecule has 6 heterocycles. The van der Waals surface area contributed by atoms with Crippen LogP contribution in [0.1, 0.15) is 29.0 Å². The van der Waals surface area contributed by atoms with Crippen molar-refractivity contribution in [2.24, 2.45) is 5.92 Å². The Balaban J connectivity index is 1.42. The van der Waals surface area contributed by atoms with Crippen molar-refractivity contribution in [3.8, 4) is 11.3 Å². The van der Waals surface area contributed by atoms with Gasteiger partial charge in [-0.3, -0.25) is 9.78 Å². The first kappa shape index (κ1) is 13.3. The van der Waals surface area contributed by atoms with Gasteiger partial charge >= 0.3 is 0 Å². The summed E-state index contributed by atoms with van der Waals surface area (Å²) in [6, 6.07) is 6.07. The molecule has 1 unspecified atom stereocenters. The zero-order chi connectivity index (χ0) is 15.4. The number of fused-ring (bicyclic) bond motifs is 4. The lowest BCUT2D eigenvalue weighted by molar-refractivity contribution is 0.00723. The van der Waals surface area contributed by atoms with Gasteiger partial charge in [-0.05, 0) is 50.0 Å². The monoisotopic (exact) mass is 309 g/mol. The van der Waals surface area contributed by atoms with Crippen molar-refractivity contribution in [3.63, 3.8) is 0 Å². The van der Waals surface area contributed by atoms with Gasteiger partial charge in [-0.1, -0.05) is 0 Å². The molecule has 2 aromatic rings. The lowest BCUT2D eigenvalue weighted by Crippen LogP contribution is -2.57. The Morgan fingerprint density at radius 2 is 1.96 bits per heavy atom. The van der Waals surface area contributed by atoms with Crippen molar-refractivity contribution >= 4 is 5.91 Å². The second-order valence-electron chi connectivity index (χ2n) is 6.82. The van der Waals surface area contributed by atoms with Crippen LogP contribution in [0.2, 0.25) is 0 Å². The molecule has 5 nitrogen and oxygen atoms in total. The number of rotatable bonds is 2. The Morgan fingerprint density at radius 1 is 1.17 bits per heavy atom. The van der Waals surface area contributed by atoms with E-state index < -0.39 is 0 Å². The number of piperidine rings is 3. The number of pyridine rings is 1. The van der Waals surface area contributed by atoms with E-state index in [0.717, 1.165) is 29.2 Å². The molecule has 6 rings (SSSR count). The molecule has 1 atom stereocenters. The van der Waals surface area contributed by atoms with Gasteiger partial charge in [0.15, 0.2) is 0 Å². The average molecular weight is 309 g/mol. The first-order valence-corrected chi connectivity index (χ1v) is 8.36. The molecule has 2 bridgehead atoms. The number of hydrogen-bond donors (Lipinski definition) is 0. The second-order valence-corrected chi connectivity index (χ2v) is 6.82. The molecule has 0 aromatic carbocycles. The Labute approximate surface area is 134 Å². The van der Waals surface area contributed by atoms with Crippen LogP contribution in [-0.4, -0.2) is 46.4 Å². The quantitative estimate of drug-likeness (QED) is 0.855. The fourth-order valence-corrected chi connectivity index (χ4v) is 4.32. The van der Waals surface area contributed by atoms with Crippen molar-refractivity contribution in [2.75, 3.05) is 19.6 Å². The lowest BCUT2D eigenvalue weighted by atomic mass is 9.83. The molecular weight excluding hydrogens is 290 g/mol. The van der Waals surface area contributed by atoms with Gasteiger partial charge in [0.05, 0.1) is 12.1 Å². The molecule has 5 heteroatoms. The summed E-state index contributed by atoms with van der Waals surface area (Å²) in [5, 5.41) is 0. The predicted octanol–water partition coefficient (Wildman–Crippen LogP) is 2.39. The summed E-state index contributed by atoms with van der Waals surface area (Å²) in [6.07, 6.45) is 5.92. The van der Waals surface area contributed by atoms with E-state index in [1.807, 2.05) is 23.1 Å². The minimum atomic E-state index is 0.141. The van der Waals surface area contributed by atoms with Gasteiger partial charge in [-0.15, -0.1) is 0 Å². The maximum Gasteiger partial charge on any atom is 0.258 e. The summed E-state index contributed by atoms with van der Waals surface area (Å²) >= 11 is 0. The maximum absolute atomic E-state index is 12.9. The predicted molar refractivity (Wildman–Crippen MR) is 84.8 cm³/mol. The van der Waals surface area contributed by atoms with E-state index in [1.165, 1.54) is 25.9 Å². The van der Waals surface area contributed by atoms with Gasteiger partial charge < -0.3 is 14.2 Å². The first-order chi connectivity index (χ1) is 11.3. The highest BCUT2D eigenvalue weighted by molar-refractivity contribution is 5.99. The third-order valence-electron chi connectivity index (χ3n) is 5.60. The maximum atomic E-state index is 12.9. The molecule has 0 saturated carbocycles. The Bertz CT molecular complexity index is 747. The van der Waals surface area contributed by atoms with Crippen molar-refractivity contribution in [1.82, 2.24) is 14.8 Å². The van der Waals surface area contributed by atoms with E-state index in [4.69, 9.17) is 4.42 Å². The Hall–Kier alpha value is -2.14. The summed E-state index contributed by atoms with van der Waals surface area (Å²) in [5.41, 5.74) is 1.71. The number of hydrogen-bond acceptors (Lipinski definition) is 4. The van der Waals surface area contributed by atoms with E-state index in [9.17, 15) is 4.79 Å². The van der Waals surface area contributed by atoms with Gasteiger partial charge in [0.2, 0.25) is 0 Å². The molecule has 118 valence electrons. The minimum Gasteiger partial charge on any atom is -0.458 e. The molecule has 0 aliphatic carbocycles. The van der Waals surface area contributed by atoms with Crippen molar-refractivity contribution in [2.45, 2.75) is 25.4 Å². The van der Waals surface area contributed by atoms with E-state index in [2.05, 4.69) is 9.88 Å². The highest BCUT2D eigenvalue weighted by atomic mass is 16.3. The number of furan rings is 1. The van der Waals surface area contributed by atoms with Crippen LogP contribution in [-0.2, 0) is 6.54 Å². The van der Waals surface area contributed by atoms with Crippen LogP contribution in [0.4, 0.5) is 0 Å². The van der Waals surface area contributed by atoms with Gasteiger partial charge in [-0.2, -0.15) is 0 Å². The van der Waals surface area contributed by atoms with Crippen molar-refractivity contribution < 1.29 is 9.21 Å². The normalized spacial score (nSPS) is 29.1. The third-order valence-corrected chi connectivity index (χ3v) is 5.60. The average Bonchev–Trinajstić information content (AvgIpc) is 3.16. The molecule has 2 aromatic heterocycles. The number of aromatic nitrogens is 1. The SMILES string of the molecule is O=C1c2cc(-c3ccncc3)oc2CN1C1CN2CCC1CC2. The third kappa shape index (κ3) is 2.03. The molecule has 0 spiro atoms. The highest BCUT2D eigenvalue weighted by Gasteiger charge is 2.43. The molecule has 3 fully saturated rings. The number of nitrogens with zero attached hydrogens (tertiary/aromatic N) is 3. The molecule has 4 aliphatic rings. The van der Waals surface area contributed by atoms with Crippen LogP contribution in [0.25, 0.3) is 11.3 Å². The second kappa shape index (κ2) is 4.93. The molecule has 1 amide bonds. The molecule has 0 radical (unpaired) electrons. The Kier molecular flexibility index (Phi) is 2.85. The van der Waals surface area contributed by atoms with Crippen LogP contribution in [0, 0.1) is 5.92 Å². The minimum absolute atomic E-state index is 0.141. The molecule has 4 aliphatic heterocycles. The van der Waals surface area contributed by atoms with Gasteiger partial charge in [0, 0.05) is 30.5 Å². The van der Waals surface area contributed by atoms with E-state index in [-0.39, 0.29) is 5.91 Å². The summed E-state index contributed by atoms with van der Waals surface area (Å²) in [7, 11) is 0.